The van der Waals surface area contributed by atoms with Crippen molar-refractivity contribution in [1.29, 1.82) is 0 Å². The molecule has 0 aromatic heterocycles. The highest BCUT2D eigenvalue weighted by Crippen LogP contribution is 2.04. The molecule has 0 bridgehead atoms. The molecular formula is C12H12FNO3. The van der Waals surface area contributed by atoms with Crippen molar-refractivity contribution in [3.8, 4) is 0 Å². The Morgan fingerprint density at radius 3 is 2.59 bits per heavy atom. The van der Waals surface area contributed by atoms with Crippen LogP contribution in [0.3, 0.4) is 0 Å². The number of hydrogen-bond donors (Lipinski definition) is 1. The van der Waals surface area contributed by atoms with Gasteiger partial charge in [-0.25, -0.2) is 4.39 Å². The number of halogens is 1. The number of methoxy groups -OCH3 is 1. The van der Waals surface area contributed by atoms with Gasteiger partial charge in [-0.15, -0.1) is 0 Å². The molecule has 0 aliphatic heterocycles. The van der Waals surface area contributed by atoms with Gasteiger partial charge in [-0.05, 0) is 23.8 Å². The minimum atomic E-state index is -0.520. The second-order valence-electron chi connectivity index (χ2n) is 3.18. The van der Waals surface area contributed by atoms with Crippen LogP contribution in [-0.4, -0.2) is 25.5 Å². The van der Waals surface area contributed by atoms with E-state index in [1.165, 1.54) is 31.4 Å². The average molecular weight is 237 g/mol. The van der Waals surface area contributed by atoms with Crippen molar-refractivity contribution in [2.75, 3.05) is 13.7 Å². The van der Waals surface area contributed by atoms with Gasteiger partial charge in [0.25, 0.3) is 0 Å². The molecule has 0 unspecified atom stereocenters. The van der Waals surface area contributed by atoms with Crippen LogP contribution in [0, 0.1) is 5.82 Å². The molecular weight excluding hydrogens is 225 g/mol. The van der Waals surface area contributed by atoms with Gasteiger partial charge < -0.3 is 10.1 Å². The maximum Gasteiger partial charge on any atom is 0.325 e. The van der Waals surface area contributed by atoms with Crippen LogP contribution in [0.5, 0.6) is 0 Å². The van der Waals surface area contributed by atoms with E-state index in [2.05, 4.69) is 10.1 Å². The van der Waals surface area contributed by atoms with E-state index in [9.17, 15) is 14.0 Å². The van der Waals surface area contributed by atoms with Gasteiger partial charge in [0.05, 0.1) is 7.11 Å². The van der Waals surface area contributed by atoms with Gasteiger partial charge in [-0.2, -0.15) is 0 Å². The highest BCUT2D eigenvalue weighted by molar-refractivity contribution is 5.93. The summed E-state index contributed by atoms with van der Waals surface area (Å²) in [6.45, 7) is -0.177. The zero-order chi connectivity index (χ0) is 12.7. The molecule has 0 atom stereocenters. The fourth-order valence-corrected chi connectivity index (χ4v) is 1.04. The molecule has 0 heterocycles. The molecule has 0 radical (unpaired) electrons. The molecule has 1 aromatic carbocycles. The van der Waals surface area contributed by atoms with Crippen molar-refractivity contribution >= 4 is 18.0 Å². The van der Waals surface area contributed by atoms with Crippen molar-refractivity contribution in [3.05, 3.63) is 41.7 Å². The second-order valence-corrected chi connectivity index (χ2v) is 3.18. The first-order valence-electron chi connectivity index (χ1n) is 4.90. The summed E-state index contributed by atoms with van der Waals surface area (Å²) in [5, 5.41) is 2.34. The molecule has 0 saturated carbocycles. The summed E-state index contributed by atoms with van der Waals surface area (Å²) < 4.78 is 16.9. The fourth-order valence-electron chi connectivity index (χ4n) is 1.04. The Morgan fingerprint density at radius 2 is 2.00 bits per heavy atom. The normalized spacial score (nSPS) is 10.2. The molecule has 1 rings (SSSR count). The van der Waals surface area contributed by atoms with E-state index in [-0.39, 0.29) is 12.4 Å². The van der Waals surface area contributed by atoms with Gasteiger partial charge in [-0.1, -0.05) is 12.1 Å². The van der Waals surface area contributed by atoms with Gasteiger partial charge in [0, 0.05) is 6.08 Å². The van der Waals surface area contributed by atoms with Crippen molar-refractivity contribution in [2.24, 2.45) is 0 Å². The minimum absolute atomic E-state index is 0.177. The molecule has 90 valence electrons. The average Bonchev–Trinajstić information content (AvgIpc) is 2.35. The number of carbonyl (C=O) groups excluding carboxylic acids is 2. The maximum absolute atomic E-state index is 12.6. The van der Waals surface area contributed by atoms with Crippen LogP contribution < -0.4 is 5.32 Å². The second kappa shape index (κ2) is 6.42. The van der Waals surface area contributed by atoms with E-state index in [1.807, 2.05) is 0 Å². The Hall–Kier alpha value is -2.17. The van der Waals surface area contributed by atoms with Crippen LogP contribution in [0.2, 0.25) is 0 Å². The topological polar surface area (TPSA) is 55.4 Å². The standard InChI is InChI=1S/C12H12FNO3/c1-17-12(16)8-14-11(15)7-4-9-2-5-10(13)6-3-9/h2-7H,8H2,1H3,(H,14,15). The lowest BCUT2D eigenvalue weighted by molar-refractivity contribution is -0.140. The Balaban J connectivity index is 2.45. The van der Waals surface area contributed by atoms with Crippen LogP contribution >= 0.6 is 0 Å². The lowest BCUT2D eigenvalue weighted by atomic mass is 10.2. The molecule has 0 spiro atoms. The van der Waals surface area contributed by atoms with Crippen LogP contribution in [0.4, 0.5) is 4.39 Å². The third-order valence-electron chi connectivity index (χ3n) is 1.93. The molecule has 1 N–H and O–H groups in total. The number of carbonyl (C=O) groups is 2. The lowest BCUT2D eigenvalue weighted by Crippen LogP contribution is -2.28. The third kappa shape index (κ3) is 4.92. The number of rotatable bonds is 4. The lowest BCUT2D eigenvalue weighted by Gasteiger charge is -1.99. The van der Waals surface area contributed by atoms with E-state index in [1.54, 1.807) is 12.1 Å². The zero-order valence-corrected chi connectivity index (χ0v) is 9.27. The predicted octanol–water partition coefficient (Wildman–Crippen LogP) is 1.13. The molecule has 1 amide bonds. The van der Waals surface area contributed by atoms with Crippen LogP contribution in [0.1, 0.15) is 5.56 Å². The Morgan fingerprint density at radius 1 is 1.35 bits per heavy atom. The number of ether oxygens (including phenoxy) is 1. The van der Waals surface area contributed by atoms with E-state index in [0.29, 0.717) is 5.56 Å². The smallest absolute Gasteiger partial charge is 0.325 e. The van der Waals surface area contributed by atoms with E-state index in [4.69, 9.17) is 0 Å². The largest absolute Gasteiger partial charge is 0.468 e. The van der Waals surface area contributed by atoms with Crippen molar-refractivity contribution in [1.82, 2.24) is 5.32 Å². The minimum Gasteiger partial charge on any atom is -0.468 e. The molecule has 0 saturated heterocycles. The predicted molar refractivity (Wildman–Crippen MR) is 60.5 cm³/mol. The summed E-state index contributed by atoms with van der Waals surface area (Å²) in [5.41, 5.74) is 0.694. The van der Waals surface area contributed by atoms with Crippen LogP contribution in [-0.2, 0) is 14.3 Å². The first-order valence-corrected chi connectivity index (χ1v) is 4.90. The third-order valence-corrected chi connectivity index (χ3v) is 1.93. The molecule has 0 fully saturated rings. The van der Waals surface area contributed by atoms with Crippen molar-refractivity contribution < 1.29 is 18.7 Å². The van der Waals surface area contributed by atoms with E-state index < -0.39 is 11.9 Å². The summed E-state index contributed by atoms with van der Waals surface area (Å²) in [7, 11) is 1.24. The number of esters is 1. The number of benzene rings is 1. The molecule has 0 aliphatic rings. The summed E-state index contributed by atoms with van der Waals surface area (Å²) >= 11 is 0. The first-order chi connectivity index (χ1) is 8.11. The quantitative estimate of drug-likeness (QED) is 0.630. The highest BCUT2D eigenvalue weighted by atomic mass is 19.1. The van der Waals surface area contributed by atoms with Crippen LogP contribution in [0.15, 0.2) is 30.3 Å². The van der Waals surface area contributed by atoms with Crippen molar-refractivity contribution in [3.63, 3.8) is 0 Å². The molecule has 1 aromatic rings. The maximum atomic E-state index is 12.6. The van der Waals surface area contributed by atoms with Gasteiger partial charge in [0.15, 0.2) is 0 Å². The van der Waals surface area contributed by atoms with E-state index in [0.717, 1.165) is 0 Å². The fraction of sp³-hybridized carbons (Fsp3) is 0.167. The van der Waals surface area contributed by atoms with Gasteiger partial charge in [0.2, 0.25) is 5.91 Å². The number of hydrogen-bond acceptors (Lipinski definition) is 3. The number of amides is 1. The highest BCUT2D eigenvalue weighted by Gasteiger charge is 2.01. The SMILES string of the molecule is COC(=O)CNC(=O)C=Cc1ccc(F)cc1. The number of nitrogens with one attached hydrogen (secondary N) is 1. The van der Waals surface area contributed by atoms with Gasteiger partial charge >= 0.3 is 5.97 Å². The zero-order valence-electron chi connectivity index (χ0n) is 9.27. The molecule has 0 aliphatic carbocycles. The van der Waals surface area contributed by atoms with Gasteiger partial charge in [-0.3, -0.25) is 9.59 Å². The molecule has 4 nitrogen and oxygen atoms in total. The Kier molecular flexibility index (Phi) is 4.87. The molecule has 5 heteroatoms. The van der Waals surface area contributed by atoms with Gasteiger partial charge in [0.1, 0.15) is 12.4 Å². The first kappa shape index (κ1) is 12.9. The summed E-state index contributed by atoms with van der Waals surface area (Å²) in [6, 6.07) is 5.68. The summed E-state index contributed by atoms with van der Waals surface area (Å²) in [6.07, 6.45) is 2.78. The van der Waals surface area contributed by atoms with E-state index >= 15 is 0 Å². The van der Waals surface area contributed by atoms with Crippen molar-refractivity contribution in [2.45, 2.75) is 0 Å². The Bertz CT molecular complexity index is 426. The molecule has 17 heavy (non-hydrogen) atoms. The summed E-state index contributed by atoms with van der Waals surface area (Å²) in [4.78, 5) is 21.9. The van der Waals surface area contributed by atoms with Crippen LogP contribution in [0.25, 0.3) is 6.08 Å². The monoisotopic (exact) mass is 237 g/mol. The Labute approximate surface area is 98.1 Å². The summed E-state index contributed by atoms with van der Waals surface area (Å²) in [5.74, 6) is -1.27.